The summed E-state index contributed by atoms with van der Waals surface area (Å²) in [5.41, 5.74) is 1.38. The number of H-pyrrole nitrogens is 1. The van der Waals surface area contributed by atoms with Gasteiger partial charge in [-0.25, -0.2) is 4.98 Å². The van der Waals surface area contributed by atoms with Crippen molar-refractivity contribution in [2.24, 2.45) is 0 Å². The van der Waals surface area contributed by atoms with Crippen LogP contribution in [0.3, 0.4) is 0 Å². The van der Waals surface area contributed by atoms with Crippen molar-refractivity contribution in [2.45, 2.75) is 45.6 Å². The molecule has 3 rings (SSSR count). The van der Waals surface area contributed by atoms with E-state index in [0.717, 1.165) is 30.8 Å². The van der Waals surface area contributed by atoms with Gasteiger partial charge in [0, 0.05) is 37.3 Å². The number of likely N-dealkylation sites (tertiary alicyclic amines) is 1. The summed E-state index contributed by atoms with van der Waals surface area (Å²) < 4.78 is 2.00. The predicted molar refractivity (Wildman–Crippen MR) is 92.3 cm³/mol. The minimum Gasteiger partial charge on any atom is -0.341 e. The first-order chi connectivity index (χ1) is 11.5. The van der Waals surface area contributed by atoms with Crippen LogP contribution in [0.4, 0.5) is 0 Å². The number of nitrogens with one attached hydrogen (secondary N) is 1. The van der Waals surface area contributed by atoms with Gasteiger partial charge in [-0.1, -0.05) is 0 Å². The van der Waals surface area contributed by atoms with E-state index in [1.165, 1.54) is 0 Å². The number of aromatic amines is 1. The van der Waals surface area contributed by atoms with Gasteiger partial charge in [0.05, 0.1) is 5.69 Å². The average Bonchev–Trinajstić information content (AvgIpc) is 3.03. The fourth-order valence-corrected chi connectivity index (χ4v) is 3.40. The third-order valence-corrected chi connectivity index (χ3v) is 4.56. The minimum atomic E-state index is -0.130. The van der Waals surface area contributed by atoms with Gasteiger partial charge in [-0.3, -0.25) is 9.59 Å². The number of carbonyl (C=O) groups is 1. The maximum Gasteiger partial charge on any atom is 0.270 e. The predicted octanol–water partition coefficient (Wildman–Crippen LogP) is 2.48. The van der Waals surface area contributed by atoms with Crippen molar-refractivity contribution >= 4 is 5.91 Å². The third-order valence-electron chi connectivity index (χ3n) is 4.56. The van der Waals surface area contributed by atoms with Crippen molar-refractivity contribution in [3.05, 3.63) is 52.0 Å². The molecule has 1 saturated heterocycles. The monoisotopic (exact) mass is 328 g/mol. The minimum absolute atomic E-state index is 0.0555. The van der Waals surface area contributed by atoms with Crippen LogP contribution in [0.25, 0.3) is 0 Å². The second-order valence-corrected chi connectivity index (χ2v) is 6.74. The quantitative estimate of drug-likeness (QED) is 0.941. The zero-order valence-corrected chi connectivity index (χ0v) is 14.5. The molecule has 0 aliphatic carbocycles. The molecule has 0 unspecified atom stereocenters. The molecule has 0 radical (unpaired) electrons. The van der Waals surface area contributed by atoms with Crippen molar-refractivity contribution < 1.29 is 4.79 Å². The molecule has 1 fully saturated rings. The number of amides is 1. The molecule has 128 valence electrons. The molecule has 2 aromatic rings. The van der Waals surface area contributed by atoms with Gasteiger partial charge in [0.1, 0.15) is 11.5 Å². The van der Waals surface area contributed by atoms with E-state index in [9.17, 15) is 9.59 Å². The van der Waals surface area contributed by atoms with Crippen LogP contribution >= 0.6 is 0 Å². The SMILES string of the molecule is Cc1nc([C@@H]2CCCN(C(=O)c3cccn3C(C)C)C2)cc(=O)[nH]1. The maximum absolute atomic E-state index is 12.9. The summed E-state index contributed by atoms with van der Waals surface area (Å²) >= 11 is 0. The highest BCUT2D eigenvalue weighted by Crippen LogP contribution is 2.26. The molecular formula is C18H24N4O2. The number of piperidine rings is 1. The van der Waals surface area contributed by atoms with Gasteiger partial charge < -0.3 is 14.5 Å². The molecule has 0 spiro atoms. The molecular weight excluding hydrogens is 304 g/mol. The Kier molecular flexibility index (Phi) is 4.55. The number of rotatable bonds is 3. The van der Waals surface area contributed by atoms with Crippen LogP contribution in [-0.2, 0) is 0 Å². The summed E-state index contributed by atoms with van der Waals surface area (Å²) in [4.78, 5) is 33.6. The van der Waals surface area contributed by atoms with Crippen molar-refractivity contribution in [1.29, 1.82) is 0 Å². The number of carbonyl (C=O) groups excluding carboxylic acids is 1. The van der Waals surface area contributed by atoms with Gasteiger partial charge >= 0.3 is 0 Å². The maximum atomic E-state index is 12.9. The molecule has 24 heavy (non-hydrogen) atoms. The highest BCUT2D eigenvalue weighted by molar-refractivity contribution is 5.93. The molecule has 1 N–H and O–H groups in total. The first-order valence-corrected chi connectivity index (χ1v) is 8.49. The van der Waals surface area contributed by atoms with Crippen LogP contribution in [0.1, 0.15) is 60.7 Å². The van der Waals surface area contributed by atoms with Crippen molar-refractivity contribution in [2.75, 3.05) is 13.1 Å². The number of hydrogen-bond acceptors (Lipinski definition) is 3. The summed E-state index contributed by atoms with van der Waals surface area (Å²) in [5, 5.41) is 0. The van der Waals surface area contributed by atoms with Gasteiger partial charge in [-0.2, -0.15) is 0 Å². The zero-order valence-electron chi connectivity index (χ0n) is 14.5. The molecule has 1 amide bonds. The van der Waals surface area contributed by atoms with Crippen LogP contribution < -0.4 is 5.56 Å². The second kappa shape index (κ2) is 6.63. The Morgan fingerprint density at radius 1 is 1.42 bits per heavy atom. The molecule has 0 bridgehead atoms. The Morgan fingerprint density at radius 2 is 2.21 bits per heavy atom. The van der Waals surface area contributed by atoms with Crippen molar-refractivity contribution in [3.63, 3.8) is 0 Å². The van der Waals surface area contributed by atoms with E-state index in [4.69, 9.17) is 0 Å². The van der Waals surface area contributed by atoms with Gasteiger partial charge in [0.2, 0.25) is 0 Å². The van der Waals surface area contributed by atoms with Crippen LogP contribution in [0, 0.1) is 6.92 Å². The molecule has 0 saturated carbocycles. The van der Waals surface area contributed by atoms with Gasteiger partial charge in [0.25, 0.3) is 11.5 Å². The van der Waals surface area contributed by atoms with Crippen molar-refractivity contribution in [1.82, 2.24) is 19.4 Å². The fourth-order valence-electron chi connectivity index (χ4n) is 3.40. The van der Waals surface area contributed by atoms with E-state index < -0.39 is 0 Å². The van der Waals surface area contributed by atoms with Gasteiger partial charge in [0.15, 0.2) is 0 Å². The summed E-state index contributed by atoms with van der Waals surface area (Å²) in [5.74, 6) is 0.792. The summed E-state index contributed by atoms with van der Waals surface area (Å²) in [6.45, 7) is 7.28. The first kappa shape index (κ1) is 16.5. The lowest BCUT2D eigenvalue weighted by Gasteiger charge is -2.33. The van der Waals surface area contributed by atoms with E-state index in [-0.39, 0.29) is 23.4 Å². The first-order valence-electron chi connectivity index (χ1n) is 8.49. The number of aromatic nitrogens is 3. The molecule has 2 aromatic heterocycles. The lowest BCUT2D eigenvalue weighted by Crippen LogP contribution is -2.40. The lowest BCUT2D eigenvalue weighted by molar-refractivity contribution is 0.0693. The molecule has 1 atom stereocenters. The number of nitrogens with zero attached hydrogens (tertiary/aromatic N) is 3. The van der Waals surface area contributed by atoms with Crippen LogP contribution in [0.2, 0.25) is 0 Å². The Labute approximate surface area is 141 Å². The zero-order chi connectivity index (χ0) is 17.3. The Balaban J connectivity index is 1.81. The summed E-state index contributed by atoms with van der Waals surface area (Å²) in [7, 11) is 0. The molecule has 1 aliphatic rings. The number of aryl methyl sites for hydroxylation is 1. The molecule has 6 heteroatoms. The van der Waals surface area contributed by atoms with E-state index in [1.54, 1.807) is 13.0 Å². The van der Waals surface area contributed by atoms with E-state index in [2.05, 4.69) is 23.8 Å². The van der Waals surface area contributed by atoms with Gasteiger partial charge in [-0.15, -0.1) is 0 Å². The Hall–Kier alpha value is -2.37. The number of hydrogen-bond donors (Lipinski definition) is 1. The molecule has 0 aromatic carbocycles. The summed E-state index contributed by atoms with van der Waals surface area (Å²) in [6.07, 6.45) is 3.82. The molecule has 1 aliphatic heterocycles. The highest BCUT2D eigenvalue weighted by atomic mass is 16.2. The molecule has 6 nitrogen and oxygen atoms in total. The Morgan fingerprint density at radius 3 is 2.92 bits per heavy atom. The largest absolute Gasteiger partial charge is 0.341 e. The van der Waals surface area contributed by atoms with Crippen LogP contribution in [0.5, 0.6) is 0 Å². The van der Waals surface area contributed by atoms with Gasteiger partial charge in [-0.05, 0) is 45.7 Å². The second-order valence-electron chi connectivity index (χ2n) is 6.74. The Bertz CT molecular complexity index is 790. The standard InChI is InChI=1S/C18H24N4O2/c1-12(2)22-9-5-7-16(22)18(24)21-8-4-6-14(11-21)15-10-17(23)20-13(3)19-15/h5,7,9-10,12,14H,4,6,8,11H2,1-3H3,(H,19,20,23)/t14-/m1/s1. The lowest BCUT2D eigenvalue weighted by atomic mass is 9.94. The third kappa shape index (κ3) is 3.27. The highest BCUT2D eigenvalue weighted by Gasteiger charge is 2.28. The average molecular weight is 328 g/mol. The topological polar surface area (TPSA) is 71.0 Å². The smallest absolute Gasteiger partial charge is 0.270 e. The van der Waals surface area contributed by atoms with E-state index in [0.29, 0.717) is 12.4 Å². The fraction of sp³-hybridized carbons (Fsp3) is 0.500. The van der Waals surface area contributed by atoms with Crippen LogP contribution in [0.15, 0.2) is 29.2 Å². The normalized spacial score (nSPS) is 18.2. The summed E-state index contributed by atoms with van der Waals surface area (Å²) in [6, 6.07) is 5.59. The van der Waals surface area contributed by atoms with E-state index in [1.807, 2.05) is 27.8 Å². The van der Waals surface area contributed by atoms with Crippen LogP contribution in [-0.4, -0.2) is 38.4 Å². The van der Waals surface area contributed by atoms with E-state index >= 15 is 0 Å². The molecule has 3 heterocycles. The van der Waals surface area contributed by atoms with Crippen molar-refractivity contribution in [3.8, 4) is 0 Å².